The Bertz CT molecular complexity index is 592. The number of hydrogen-bond donors (Lipinski definition) is 2. The Morgan fingerprint density at radius 2 is 1.95 bits per heavy atom. The Hall–Kier alpha value is -1.89. The normalized spacial score (nSPS) is 12.0. The van der Waals surface area contributed by atoms with Crippen LogP contribution in [0.3, 0.4) is 0 Å². The SMILES string of the molecule is COc1cnc(C(Cc2ccc(Cl)cc2)NN)c(OC)n1. The molecule has 1 heterocycles. The molecule has 0 aliphatic heterocycles. The lowest BCUT2D eigenvalue weighted by Crippen LogP contribution is -2.30. The van der Waals surface area contributed by atoms with Crippen molar-refractivity contribution in [3.8, 4) is 11.8 Å². The van der Waals surface area contributed by atoms with E-state index in [0.717, 1.165) is 5.56 Å². The predicted molar refractivity (Wildman–Crippen MR) is 80.4 cm³/mol. The average molecular weight is 309 g/mol. The van der Waals surface area contributed by atoms with E-state index in [1.54, 1.807) is 0 Å². The van der Waals surface area contributed by atoms with Gasteiger partial charge < -0.3 is 9.47 Å². The van der Waals surface area contributed by atoms with E-state index in [1.165, 1.54) is 20.4 Å². The lowest BCUT2D eigenvalue weighted by atomic mass is 10.0. The van der Waals surface area contributed by atoms with Gasteiger partial charge in [-0.25, -0.2) is 4.98 Å². The van der Waals surface area contributed by atoms with E-state index in [1.807, 2.05) is 24.3 Å². The number of rotatable bonds is 6. The molecule has 1 aromatic carbocycles. The van der Waals surface area contributed by atoms with Crippen LogP contribution >= 0.6 is 11.6 Å². The lowest BCUT2D eigenvalue weighted by molar-refractivity contribution is 0.349. The summed E-state index contributed by atoms with van der Waals surface area (Å²) in [6.07, 6.45) is 2.16. The third-order valence-corrected chi connectivity index (χ3v) is 3.28. The molecule has 1 aromatic heterocycles. The second kappa shape index (κ2) is 7.21. The van der Waals surface area contributed by atoms with Crippen LogP contribution in [0.5, 0.6) is 11.8 Å². The minimum absolute atomic E-state index is 0.237. The first-order valence-corrected chi connectivity index (χ1v) is 6.71. The molecule has 0 radical (unpaired) electrons. The van der Waals surface area contributed by atoms with Gasteiger partial charge in [0.1, 0.15) is 5.69 Å². The first kappa shape index (κ1) is 15.5. The van der Waals surface area contributed by atoms with Crippen LogP contribution in [0, 0.1) is 0 Å². The molecule has 0 bridgehead atoms. The third kappa shape index (κ3) is 3.81. The van der Waals surface area contributed by atoms with Crippen LogP contribution in [0.4, 0.5) is 0 Å². The molecule has 0 amide bonds. The highest BCUT2D eigenvalue weighted by Crippen LogP contribution is 2.25. The Balaban J connectivity index is 2.26. The van der Waals surface area contributed by atoms with Crippen LogP contribution < -0.4 is 20.7 Å². The van der Waals surface area contributed by atoms with E-state index in [-0.39, 0.29) is 6.04 Å². The first-order valence-electron chi connectivity index (χ1n) is 6.33. The van der Waals surface area contributed by atoms with Crippen LogP contribution in [0.1, 0.15) is 17.3 Å². The molecule has 0 aliphatic rings. The van der Waals surface area contributed by atoms with Gasteiger partial charge in [0.05, 0.1) is 26.5 Å². The number of aromatic nitrogens is 2. The molecule has 1 atom stereocenters. The van der Waals surface area contributed by atoms with Gasteiger partial charge in [-0.3, -0.25) is 11.3 Å². The average Bonchev–Trinajstić information content (AvgIpc) is 2.53. The molecule has 7 heteroatoms. The van der Waals surface area contributed by atoms with Crippen LogP contribution in [0.2, 0.25) is 5.02 Å². The van der Waals surface area contributed by atoms with Crippen molar-refractivity contribution in [2.75, 3.05) is 14.2 Å². The van der Waals surface area contributed by atoms with Crippen LogP contribution in [-0.4, -0.2) is 24.2 Å². The lowest BCUT2D eigenvalue weighted by Gasteiger charge is -2.17. The smallest absolute Gasteiger partial charge is 0.240 e. The molecule has 1 unspecified atom stereocenters. The number of methoxy groups -OCH3 is 2. The monoisotopic (exact) mass is 308 g/mol. The van der Waals surface area contributed by atoms with Gasteiger partial charge in [0.25, 0.3) is 0 Å². The van der Waals surface area contributed by atoms with E-state index in [2.05, 4.69) is 15.4 Å². The second-order valence-corrected chi connectivity index (χ2v) is 4.79. The van der Waals surface area contributed by atoms with E-state index < -0.39 is 0 Å². The number of nitrogens with two attached hydrogens (primary N) is 1. The molecule has 6 nitrogen and oxygen atoms in total. The summed E-state index contributed by atoms with van der Waals surface area (Å²) in [5.41, 5.74) is 4.43. The van der Waals surface area contributed by atoms with Crippen molar-refractivity contribution in [3.05, 3.63) is 46.7 Å². The van der Waals surface area contributed by atoms with Gasteiger partial charge in [-0.05, 0) is 24.1 Å². The number of halogens is 1. The van der Waals surface area contributed by atoms with Gasteiger partial charge in [0.15, 0.2) is 0 Å². The Kier molecular flexibility index (Phi) is 5.32. The molecule has 2 aromatic rings. The maximum Gasteiger partial charge on any atom is 0.240 e. The highest BCUT2D eigenvalue weighted by atomic mass is 35.5. The molecule has 21 heavy (non-hydrogen) atoms. The van der Waals surface area contributed by atoms with E-state index in [0.29, 0.717) is 28.9 Å². The second-order valence-electron chi connectivity index (χ2n) is 4.36. The molecule has 0 fully saturated rings. The fraction of sp³-hybridized carbons (Fsp3) is 0.286. The number of benzene rings is 1. The summed E-state index contributed by atoms with van der Waals surface area (Å²) in [7, 11) is 3.05. The fourth-order valence-corrected chi connectivity index (χ4v) is 2.07. The van der Waals surface area contributed by atoms with E-state index >= 15 is 0 Å². The van der Waals surface area contributed by atoms with E-state index in [9.17, 15) is 0 Å². The van der Waals surface area contributed by atoms with Crippen molar-refractivity contribution in [1.82, 2.24) is 15.4 Å². The summed E-state index contributed by atoms with van der Waals surface area (Å²) in [6, 6.07) is 7.31. The highest BCUT2D eigenvalue weighted by molar-refractivity contribution is 6.30. The van der Waals surface area contributed by atoms with Crippen molar-refractivity contribution in [2.45, 2.75) is 12.5 Å². The number of nitrogens with one attached hydrogen (secondary N) is 1. The number of hydrazine groups is 1. The quantitative estimate of drug-likeness (QED) is 0.626. The number of hydrogen-bond acceptors (Lipinski definition) is 6. The molecule has 2 rings (SSSR count). The van der Waals surface area contributed by atoms with Crippen molar-refractivity contribution >= 4 is 11.6 Å². The zero-order valence-electron chi connectivity index (χ0n) is 11.8. The summed E-state index contributed by atoms with van der Waals surface area (Å²) in [5, 5.41) is 0.692. The molecule has 0 saturated heterocycles. The van der Waals surface area contributed by atoms with Crippen molar-refractivity contribution in [1.29, 1.82) is 0 Å². The van der Waals surface area contributed by atoms with Crippen LogP contribution in [0.25, 0.3) is 0 Å². The summed E-state index contributed by atoms with van der Waals surface area (Å²) in [4.78, 5) is 8.53. The van der Waals surface area contributed by atoms with Gasteiger partial charge in [-0.2, -0.15) is 4.98 Å². The maximum atomic E-state index is 5.88. The molecule has 0 spiro atoms. The minimum Gasteiger partial charge on any atom is -0.480 e. The maximum absolute atomic E-state index is 5.88. The molecule has 0 saturated carbocycles. The van der Waals surface area contributed by atoms with E-state index in [4.69, 9.17) is 26.9 Å². The number of nitrogens with zero attached hydrogens (tertiary/aromatic N) is 2. The standard InChI is InChI=1S/C14H17ClN4O2/c1-20-12-8-17-13(14(18-12)21-2)11(19-16)7-9-3-5-10(15)6-4-9/h3-6,8,11,19H,7,16H2,1-2H3. The van der Waals surface area contributed by atoms with Gasteiger partial charge >= 0.3 is 0 Å². The molecular weight excluding hydrogens is 292 g/mol. The van der Waals surface area contributed by atoms with Crippen molar-refractivity contribution in [3.63, 3.8) is 0 Å². The molecule has 3 N–H and O–H groups in total. The fourth-order valence-electron chi connectivity index (χ4n) is 1.94. The number of ether oxygens (including phenoxy) is 2. The Morgan fingerprint density at radius 3 is 2.52 bits per heavy atom. The zero-order valence-corrected chi connectivity index (χ0v) is 12.6. The predicted octanol–water partition coefficient (Wildman–Crippen LogP) is 1.89. The third-order valence-electron chi connectivity index (χ3n) is 3.03. The minimum atomic E-state index is -0.237. The van der Waals surface area contributed by atoms with Crippen molar-refractivity contribution in [2.24, 2.45) is 5.84 Å². The zero-order chi connectivity index (χ0) is 15.2. The Morgan fingerprint density at radius 1 is 1.24 bits per heavy atom. The van der Waals surface area contributed by atoms with Gasteiger partial charge in [-0.1, -0.05) is 23.7 Å². The first-order chi connectivity index (χ1) is 10.2. The van der Waals surface area contributed by atoms with Crippen molar-refractivity contribution < 1.29 is 9.47 Å². The largest absolute Gasteiger partial charge is 0.480 e. The summed E-state index contributed by atoms with van der Waals surface area (Å²) < 4.78 is 10.3. The van der Waals surface area contributed by atoms with Gasteiger partial charge in [-0.15, -0.1) is 0 Å². The summed E-state index contributed by atoms with van der Waals surface area (Å²) >= 11 is 5.88. The van der Waals surface area contributed by atoms with Gasteiger partial charge in [0, 0.05) is 5.02 Å². The van der Waals surface area contributed by atoms with Gasteiger partial charge in [0.2, 0.25) is 11.8 Å². The molecule has 0 aliphatic carbocycles. The summed E-state index contributed by atoms with van der Waals surface area (Å²) in [5.74, 6) is 6.41. The topological polar surface area (TPSA) is 82.3 Å². The van der Waals surface area contributed by atoms with Crippen LogP contribution in [-0.2, 0) is 6.42 Å². The highest BCUT2D eigenvalue weighted by Gasteiger charge is 2.19. The molecular formula is C14H17ClN4O2. The summed E-state index contributed by atoms with van der Waals surface area (Å²) in [6.45, 7) is 0. The molecule has 112 valence electrons. The Labute approximate surface area is 128 Å². The van der Waals surface area contributed by atoms with Crippen LogP contribution in [0.15, 0.2) is 30.5 Å².